The molecule has 104 valence electrons. The topological polar surface area (TPSA) is 55.4 Å². The molecule has 0 heterocycles. The van der Waals surface area contributed by atoms with Crippen LogP contribution in [0.2, 0.25) is 0 Å². The molecule has 0 aromatic heterocycles. The van der Waals surface area contributed by atoms with E-state index in [0.29, 0.717) is 30.1 Å². The molecule has 5 heteroatoms. The lowest BCUT2D eigenvalue weighted by molar-refractivity contribution is -0.127. The van der Waals surface area contributed by atoms with Crippen LogP contribution in [0.5, 0.6) is 5.75 Å². The zero-order valence-electron chi connectivity index (χ0n) is 11.3. The molecule has 0 saturated carbocycles. The number of hydrogen-bond donors (Lipinski definition) is 1. The minimum atomic E-state index is -0.640. The lowest BCUT2D eigenvalue weighted by atomic mass is 10.2. The van der Waals surface area contributed by atoms with Crippen molar-refractivity contribution in [3.05, 3.63) is 28.2 Å². The van der Waals surface area contributed by atoms with Crippen LogP contribution in [0.15, 0.2) is 22.7 Å². The van der Waals surface area contributed by atoms with Crippen LogP contribution in [-0.4, -0.2) is 24.8 Å². The predicted octanol–water partition coefficient (Wildman–Crippen LogP) is 2.80. The van der Waals surface area contributed by atoms with Gasteiger partial charge < -0.3 is 10.1 Å². The first kappa shape index (κ1) is 15.7. The number of aldehydes is 1. The van der Waals surface area contributed by atoms with Gasteiger partial charge in [0.05, 0.1) is 5.56 Å². The molecule has 1 aromatic carbocycles. The third kappa shape index (κ3) is 5.03. The highest BCUT2D eigenvalue weighted by Gasteiger charge is 2.16. The molecule has 19 heavy (non-hydrogen) atoms. The Hall–Kier alpha value is -1.36. The molecule has 4 nitrogen and oxygen atoms in total. The van der Waals surface area contributed by atoms with Gasteiger partial charge in [0.25, 0.3) is 5.91 Å². The van der Waals surface area contributed by atoms with Crippen molar-refractivity contribution in [2.45, 2.75) is 26.9 Å². The molecule has 0 bridgehead atoms. The number of rotatable bonds is 6. The molecule has 0 saturated heterocycles. The quantitative estimate of drug-likeness (QED) is 0.817. The van der Waals surface area contributed by atoms with Crippen molar-refractivity contribution in [3.63, 3.8) is 0 Å². The molecule has 1 N–H and O–H groups in total. The Morgan fingerprint density at radius 1 is 1.42 bits per heavy atom. The van der Waals surface area contributed by atoms with Crippen LogP contribution in [0.1, 0.15) is 31.1 Å². The lowest BCUT2D eigenvalue weighted by Crippen LogP contribution is -2.38. The Balaban J connectivity index is 2.68. The van der Waals surface area contributed by atoms with E-state index in [2.05, 4.69) is 21.2 Å². The standard InChI is InChI=1S/C14H18BrNO3/c1-9(2)7-16-14(18)10(3)19-13-5-4-12(15)6-11(13)8-17/h4-6,8-10H,7H2,1-3H3,(H,16,18). The van der Waals surface area contributed by atoms with Gasteiger partial charge in [0.15, 0.2) is 12.4 Å². The summed E-state index contributed by atoms with van der Waals surface area (Å²) in [5.41, 5.74) is 0.415. The molecule has 1 rings (SSSR count). The van der Waals surface area contributed by atoms with E-state index in [-0.39, 0.29) is 5.91 Å². The van der Waals surface area contributed by atoms with Gasteiger partial charge in [-0.1, -0.05) is 29.8 Å². The molecule has 1 aromatic rings. The van der Waals surface area contributed by atoms with Crippen molar-refractivity contribution in [1.29, 1.82) is 0 Å². The maximum Gasteiger partial charge on any atom is 0.260 e. The second-order valence-electron chi connectivity index (χ2n) is 4.70. The van der Waals surface area contributed by atoms with Crippen LogP contribution < -0.4 is 10.1 Å². The highest BCUT2D eigenvalue weighted by molar-refractivity contribution is 9.10. The van der Waals surface area contributed by atoms with Crippen LogP contribution in [0.3, 0.4) is 0 Å². The fraction of sp³-hybridized carbons (Fsp3) is 0.429. The number of benzene rings is 1. The average Bonchev–Trinajstić information content (AvgIpc) is 2.37. The maximum atomic E-state index is 11.8. The van der Waals surface area contributed by atoms with Crippen molar-refractivity contribution in [2.24, 2.45) is 5.92 Å². The van der Waals surface area contributed by atoms with E-state index in [4.69, 9.17) is 4.74 Å². The summed E-state index contributed by atoms with van der Waals surface area (Å²) < 4.78 is 6.31. The van der Waals surface area contributed by atoms with Gasteiger partial charge in [0.2, 0.25) is 0 Å². The summed E-state index contributed by atoms with van der Waals surface area (Å²) in [7, 11) is 0. The van der Waals surface area contributed by atoms with Gasteiger partial charge in [-0.3, -0.25) is 9.59 Å². The summed E-state index contributed by atoms with van der Waals surface area (Å²) >= 11 is 3.28. The molecule has 0 fully saturated rings. The fourth-order valence-electron chi connectivity index (χ4n) is 1.41. The fourth-order valence-corrected chi connectivity index (χ4v) is 1.79. The zero-order valence-corrected chi connectivity index (χ0v) is 12.9. The summed E-state index contributed by atoms with van der Waals surface area (Å²) in [6.45, 7) is 6.30. The largest absolute Gasteiger partial charge is 0.480 e. The molecular weight excluding hydrogens is 310 g/mol. The van der Waals surface area contributed by atoms with Crippen molar-refractivity contribution in [1.82, 2.24) is 5.32 Å². The smallest absolute Gasteiger partial charge is 0.260 e. The van der Waals surface area contributed by atoms with Gasteiger partial charge >= 0.3 is 0 Å². The maximum absolute atomic E-state index is 11.8. The van der Waals surface area contributed by atoms with Crippen LogP contribution >= 0.6 is 15.9 Å². The summed E-state index contributed by atoms with van der Waals surface area (Å²) in [6.07, 6.45) is 0.0670. The second-order valence-corrected chi connectivity index (χ2v) is 5.61. The lowest BCUT2D eigenvalue weighted by Gasteiger charge is -2.16. The van der Waals surface area contributed by atoms with Crippen LogP contribution in [0, 0.1) is 5.92 Å². The minimum absolute atomic E-state index is 0.187. The predicted molar refractivity (Wildman–Crippen MR) is 77.5 cm³/mol. The van der Waals surface area contributed by atoms with E-state index in [0.717, 1.165) is 4.47 Å². The van der Waals surface area contributed by atoms with Gasteiger partial charge in [-0.2, -0.15) is 0 Å². The number of carbonyl (C=O) groups is 2. The van der Waals surface area contributed by atoms with E-state index in [1.165, 1.54) is 0 Å². The molecule has 1 atom stereocenters. The summed E-state index contributed by atoms with van der Waals surface area (Å²) in [6, 6.07) is 5.09. The molecule has 1 amide bonds. The first-order valence-corrected chi connectivity index (χ1v) is 6.92. The number of nitrogens with one attached hydrogen (secondary N) is 1. The molecule has 0 aliphatic heterocycles. The van der Waals surface area contributed by atoms with E-state index in [1.54, 1.807) is 25.1 Å². The van der Waals surface area contributed by atoms with Gasteiger partial charge in [0, 0.05) is 11.0 Å². The SMILES string of the molecule is CC(C)CNC(=O)C(C)Oc1ccc(Br)cc1C=O. The van der Waals surface area contributed by atoms with Gasteiger partial charge in [-0.05, 0) is 31.0 Å². The Morgan fingerprint density at radius 3 is 2.68 bits per heavy atom. The van der Waals surface area contributed by atoms with Crippen molar-refractivity contribution in [3.8, 4) is 5.75 Å². The molecule has 0 radical (unpaired) electrons. The van der Waals surface area contributed by atoms with Crippen LogP contribution in [0.4, 0.5) is 0 Å². The highest BCUT2D eigenvalue weighted by atomic mass is 79.9. The van der Waals surface area contributed by atoms with Crippen molar-refractivity contribution in [2.75, 3.05) is 6.54 Å². The summed E-state index contributed by atoms with van der Waals surface area (Å²) in [4.78, 5) is 22.7. The molecule has 1 unspecified atom stereocenters. The third-order valence-corrected chi connectivity index (χ3v) is 2.95. The normalized spacial score (nSPS) is 12.1. The molecule has 0 spiro atoms. The number of ether oxygens (including phenoxy) is 1. The van der Waals surface area contributed by atoms with Crippen LogP contribution in [-0.2, 0) is 4.79 Å². The van der Waals surface area contributed by atoms with Gasteiger partial charge in [0.1, 0.15) is 5.75 Å². The number of amides is 1. The molecular formula is C14H18BrNO3. The van der Waals surface area contributed by atoms with Crippen molar-refractivity contribution < 1.29 is 14.3 Å². The summed E-state index contributed by atoms with van der Waals surface area (Å²) in [5.74, 6) is 0.605. The van der Waals surface area contributed by atoms with Gasteiger partial charge in [-0.25, -0.2) is 0 Å². The third-order valence-electron chi connectivity index (χ3n) is 2.46. The minimum Gasteiger partial charge on any atom is -0.480 e. The molecule has 0 aliphatic rings. The monoisotopic (exact) mass is 327 g/mol. The van der Waals surface area contributed by atoms with E-state index >= 15 is 0 Å². The zero-order chi connectivity index (χ0) is 14.4. The van der Waals surface area contributed by atoms with E-state index in [9.17, 15) is 9.59 Å². The first-order chi connectivity index (χ1) is 8.93. The average molecular weight is 328 g/mol. The highest BCUT2D eigenvalue weighted by Crippen LogP contribution is 2.22. The van der Waals surface area contributed by atoms with Gasteiger partial charge in [-0.15, -0.1) is 0 Å². The number of halogens is 1. The Morgan fingerprint density at radius 2 is 2.11 bits per heavy atom. The Bertz CT molecular complexity index is 460. The van der Waals surface area contributed by atoms with Crippen LogP contribution in [0.25, 0.3) is 0 Å². The van der Waals surface area contributed by atoms with Crippen molar-refractivity contribution >= 4 is 28.1 Å². The summed E-state index contributed by atoms with van der Waals surface area (Å²) in [5, 5.41) is 2.79. The van der Waals surface area contributed by atoms with E-state index in [1.807, 2.05) is 13.8 Å². The van der Waals surface area contributed by atoms with E-state index < -0.39 is 6.10 Å². The first-order valence-electron chi connectivity index (χ1n) is 6.13. The number of carbonyl (C=O) groups excluding carboxylic acids is 2. The Labute approximate surface area is 121 Å². The second kappa shape index (κ2) is 7.28. The number of hydrogen-bond acceptors (Lipinski definition) is 3. The Kier molecular flexibility index (Phi) is 6.02. The molecule has 0 aliphatic carbocycles.